The Balaban J connectivity index is 1.05. The van der Waals surface area contributed by atoms with Crippen molar-refractivity contribution in [3.05, 3.63) is 54.7 Å². The van der Waals surface area contributed by atoms with E-state index in [0.717, 1.165) is 31.1 Å². The minimum Gasteiger partial charge on any atom is -0.497 e. The summed E-state index contributed by atoms with van der Waals surface area (Å²) in [6.07, 6.45) is 10.9. The fourth-order valence-corrected chi connectivity index (χ4v) is 12.1. The number of ether oxygens (including phenoxy) is 4. The van der Waals surface area contributed by atoms with Gasteiger partial charge in [0.1, 0.15) is 18.0 Å². The van der Waals surface area contributed by atoms with Crippen LogP contribution in [0.4, 0.5) is 0 Å². The second-order valence-corrected chi connectivity index (χ2v) is 22.2. The first kappa shape index (κ1) is 45.1. The molecule has 4 saturated carbocycles. The number of carbonyl (C=O) groups is 4. The van der Waals surface area contributed by atoms with Gasteiger partial charge in [0.2, 0.25) is 33.6 Å². The van der Waals surface area contributed by atoms with Gasteiger partial charge in [-0.1, -0.05) is 26.0 Å². The lowest BCUT2D eigenvalue weighted by Gasteiger charge is -2.32. The highest BCUT2D eigenvalue weighted by Crippen LogP contribution is 2.57. The van der Waals surface area contributed by atoms with Crippen LogP contribution in [0.25, 0.3) is 22.0 Å². The first-order valence-electron chi connectivity index (χ1n) is 23.6. The molecule has 3 aromatic rings. The van der Waals surface area contributed by atoms with Crippen LogP contribution in [0.5, 0.6) is 17.5 Å². The van der Waals surface area contributed by atoms with Gasteiger partial charge in [-0.05, 0) is 137 Å². The van der Waals surface area contributed by atoms with Crippen LogP contribution < -0.4 is 18.9 Å². The van der Waals surface area contributed by atoms with Crippen molar-refractivity contribution < 1.29 is 46.5 Å². The summed E-state index contributed by atoms with van der Waals surface area (Å²) in [6, 6.07) is 10.1. The van der Waals surface area contributed by atoms with E-state index in [2.05, 4.69) is 16.6 Å². The van der Waals surface area contributed by atoms with Crippen LogP contribution >= 0.6 is 0 Å². The maximum absolute atomic E-state index is 15.2. The third-order valence-corrected chi connectivity index (χ3v) is 16.5. The highest BCUT2D eigenvalue weighted by atomic mass is 32.2. The van der Waals surface area contributed by atoms with Crippen LogP contribution in [0.1, 0.15) is 105 Å². The molecule has 9 rings (SSSR count). The summed E-state index contributed by atoms with van der Waals surface area (Å²) >= 11 is 0. The molecule has 0 radical (unpaired) electrons. The second-order valence-electron chi connectivity index (χ2n) is 20.2. The number of allylic oxidation sites excluding steroid dienone is 2. The number of nitrogens with one attached hydrogen (secondary N) is 1. The molecule has 10 atom stereocenters. The van der Waals surface area contributed by atoms with E-state index in [1.54, 1.807) is 24.3 Å². The van der Waals surface area contributed by atoms with Crippen LogP contribution in [0.3, 0.4) is 0 Å². The van der Waals surface area contributed by atoms with Gasteiger partial charge in [0.15, 0.2) is 5.78 Å². The number of fused-ring (bicyclic) bond motifs is 4. The molecular formula is C50H62N4O10S. The fourth-order valence-electron chi connectivity index (χ4n) is 10.7. The summed E-state index contributed by atoms with van der Waals surface area (Å²) in [5.41, 5.74) is 0.0166. The molecule has 2 aromatic heterocycles. The lowest BCUT2D eigenvalue weighted by Crippen LogP contribution is -2.47. The molecule has 14 nitrogen and oxygen atoms in total. The maximum atomic E-state index is 15.2. The molecule has 1 unspecified atom stereocenters. The molecule has 65 heavy (non-hydrogen) atoms. The average Bonchev–Trinajstić information content (AvgIpc) is 4.23. The monoisotopic (exact) mass is 910 g/mol. The number of rotatable bonds is 12. The molecule has 1 aromatic carbocycles. The number of Topliss-reactive ketones (excluding diaryl/α,β-unsaturated/α-hetero) is 1. The topological polar surface area (TPSA) is 180 Å². The molecule has 5 fully saturated rings. The number of hydrogen-bond donors (Lipinski definition) is 1. The molecule has 4 aliphatic carbocycles. The van der Waals surface area contributed by atoms with Gasteiger partial charge in [0.05, 0.1) is 54.5 Å². The van der Waals surface area contributed by atoms with Crippen molar-refractivity contribution in [1.82, 2.24) is 19.6 Å². The Morgan fingerprint density at radius 2 is 1.75 bits per heavy atom. The lowest BCUT2D eigenvalue weighted by atomic mass is 9.82. The van der Waals surface area contributed by atoms with Crippen molar-refractivity contribution in [3.63, 3.8) is 0 Å². The number of hydrogen-bond acceptors (Lipinski definition) is 12. The Kier molecular flexibility index (Phi) is 12.5. The number of methoxy groups -OCH3 is 1. The third-order valence-electron chi connectivity index (χ3n) is 14.7. The quantitative estimate of drug-likeness (QED) is 0.141. The van der Waals surface area contributed by atoms with Gasteiger partial charge in [0.25, 0.3) is 0 Å². The normalized spacial score (nSPS) is 31.8. The molecule has 4 heterocycles. The van der Waals surface area contributed by atoms with Crippen LogP contribution in [-0.2, 0) is 33.9 Å². The largest absolute Gasteiger partial charge is 0.497 e. The zero-order valence-electron chi connectivity index (χ0n) is 38.1. The van der Waals surface area contributed by atoms with Gasteiger partial charge < -0.3 is 23.8 Å². The maximum Gasteiger partial charge on any atom is 0.306 e. The molecule has 1 saturated heterocycles. The number of benzene rings is 1. The van der Waals surface area contributed by atoms with Crippen LogP contribution in [0.2, 0.25) is 0 Å². The standard InChI is InChI=1S/C50H62N4O10S/c1-28(2)62-45-15-10-31(26-51-45)42-21-34-20-36(61-5)11-14-40(34)47(52-42)64-38-22-43-44(55)25-50(49(58)53-65(59,60)39-12-13-39)24-35(50)9-7-6-8-29(3)16-30(4)41(48(57)54(43)27-38)23-46(56)63-37-18-32-17-33(32)19-37/h7,9-11,14-15,20-21,26,28-30,32-33,35,37-39,41,43H,6,8,12-13,16-19,22-25,27H2,1-5H3,(H,53,58)/b9-7-/t29-,30+,32-,33+,35+,37?,38+,41-,43-,50+/m0/s1. The van der Waals surface area contributed by atoms with Crippen molar-refractivity contribution in [3.8, 4) is 28.8 Å². The van der Waals surface area contributed by atoms with Gasteiger partial charge in [-0.15, -0.1) is 0 Å². The molecule has 15 heteroatoms. The van der Waals surface area contributed by atoms with Crippen molar-refractivity contribution in [2.45, 2.75) is 134 Å². The van der Waals surface area contributed by atoms with Crippen molar-refractivity contribution in [2.75, 3.05) is 13.7 Å². The molecule has 2 aliphatic heterocycles. The molecule has 0 spiro atoms. The average molecular weight is 911 g/mol. The molecule has 0 bridgehead atoms. The Hall–Kier alpha value is -5.05. The van der Waals surface area contributed by atoms with Crippen LogP contribution in [0.15, 0.2) is 54.7 Å². The highest BCUT2D eigenvalue weighted by molar-refractivity contribution is 7.90. The zero-order valence-corrected chi connectivity index (χ0v) is 38.9. The van der Waals surface area contributed by atoms with Gasteiger partial charge >= 0.3 is 5.97 Å². The minimum absolute atomic E-state index is 0.0278. The number of sulfonamides is 1. The summed E-state index contributed by atoms with van der Waals surface area (Å²) < 4.78 is 52.7. The number of esters is 1. The Labute approximate surface area is 381 Å². The molecular weight excluding hydrogens is 849 g/mol. The number of ketones is 1. The van der Waals surface area contributed by atoms with E-state index in [-0.39, 0.29) is 67.5 Å². The number of carbonyl (C=O) groups excluding carboxylic acids is 4. The Morgan fingerprint density at radius 3 is 2.46 bits per heavy atom. The highest BCUT2D eigenvalue weighted by Gasteiger charge is 2.62. The van der Waals surface area contributed by atoms with Crippen molar-refractivity contribution in [2.24, 2.45) is 40.9 Å². The summed E-state index contributed by atoms with van der Waals surface area (Å²) in [5.74, 6) is -0.225. The predicted octanol–water partition coefficient (Wildman–Crippen LogP) is 7.38. The predicted molar refractivity (Wildman–Crippen MR) is 242 cm³/mol. The first-order valence-corrected chi connectivity index (χ1v) is 25.2. The van der Waals surface area contributed by atoms with Crippen molar-refractivity contribution >= 4 is 44.4 Å². The summed E-state index contributed by atoms with van der Waals surface area (Å²) in [5, 5.41) is 0.867. The van der Waals surface area contributed by atoms with Crippen LogP contribution in [-0.4, -0.2) is 90.1 Å². The van der Waals surface area contributed by atoms with Gasteiger partial charge in [-0.25, -0.2) is 18.4 Å². The van der Waals surface area contributed by atoms with E-state index in [9.17, 15) is 22.8 Å². The number of nitrogens with zero attached hydrogens (tertiary/aromatic N) is 3. The van der Waals surface area contributed by atoms with E-state index >= 15 is 4.79 Å². The van der Waals surface area contributed by atoms with E-state index in [1.165, 1.54) is 6.42 Å². The van der Waals surface area contributed by atoms with Crippen molar-refractivity contribution in [1.29, 1.82) is 0 Å². The van der Waals surface area contributed by atoms with Gasteiger partial charge in [-0.3, -0.25) is 23.9 Å². The zero-order chi connectivity index (χ0) is 45.8. The van der Waals surface area contributed by atoms with E-state index in [0.29, 0.717) is 71.7 Å². The first-order chi connectivity index (χ1) is 31.1. The van der Waals surface area contributed by atoms with E-state index in [1.807, 2.05) is 63.3 Å². The number of aromatic nitrogens is 2. The number of amides is 2. The second kappa shape index (κ2) is 18.0. The van der Waals surface area contributed by atoms with Gasteiger partial charge in [0, 0.05) is 36.1 Å². The summed E-state index contributed by atoms with van der Waals surface area (Å²) in [7, 11) is -2.29. The molecule has 348 valence electrons. The minimum atomic E-state index is -3.88. The smallest absolute Gasteiger partial charge is 0.306 e. The Bertz CT molecular complexity index is 2460. The van der Waals surface area contributed by atoms with E-state index < -0.39 is 50.6 Å². The summed E-state index contributed by atoms with van der Waals surface area (Å²) in [6.45, 7) is 8.03. The fraction of sp³-hybridized carbons (Fsp3) is 0.600. The Morgan fingerprint density at radius 1 is 0.969 bits per heavy atom. The molecule has 2 amide bonds. The third kappa shape index (κ3) is 9.90. The van der Waals surface area contributed by atoms with E-state index in [4.69, 9.17) is 23.9 Å². The number of pyridine rings is 2. The van der Waals surface area contributed by atoms with Gasteiger partial charge in [-0.2, -0.15) is 0 Å². The lowest BCUT2D eigenvalue weighted by molar-refractivity contribution is -0.155. The van der Waals surface area contributed by atoms with Crippen LogP contribution in [0, 0.1) is 40.9 Å². The SMILES string of the molecule is COc1ccc2c(O[C@@H]3C[C@H]4C(=O)C[C@]5(C(=O)NS(=O)(=O)C6CC6)C[C@H]5/C=C\CC[C@H](C)C[C@@H](C)[C@H](CC(=O)OC5C[C@@H]6C[C@@H]6C5)C(=O)N4C3)nc(-c3ccc(OC(C)C)nc3)cc2c1. The summed E-state index contributed by atoms with van der Waals surface area (Å²) in [4.78, 5) is 69.0. The molecule has 6 aliphatic rings. The molecule has 1 N–H and O–H groups in total.